The maximum Gasteiger partial charge on any atom is 0.120 e. The van der Waals surface area contributed by atoms with Gasteiger partial charge in [-0.1, -0.05) is 44.2 Å². The van der Waals surface area contributed by atoms with E-state index in [-0.39, 0.29) is 11.2 Å². The van der Waals surface area contributed by atoms with Crippen molar-refractivity contribution in [3.8, 4) is 11.8 Å². The first kappa shape index (κ1) is 16.0. The standard InChI is InChI=1S/C23H23NO/c1-23(2)10-9-20-18(13-23)5-4-16-12-17(6-8-19(16)20)21-7-3-15(14-24)11-22(21)25/h3-5,7,9-11,17,25H,6,8,12-13H2,1-2H3. The molecule has 2 nitrogen and oxygen atoms in total. The van der Waals surface area contributed by atoms with Crippen LogP contribution in [0.15, 0.2) is 36.4 Å². The smallest absolute Gasteiger partial charge is 0.120 e. The van der Waals surface area contributed by atoms with E-state index in [4.69, 9.17) is 5.26 Å². The van der Waals surface area contributed by atoms with Crippen molar-refractivity contribution in [2.75, 3.05) is 0 Å². The number of fused-ring (bicyclic) bond motifs is 3. The van der Waals surface area contributed by atoms with Crippen LogP contribution < -0.4 is 0 Å². The van der Waals surface area contributed by atoms with Gasteiger partial charge in [0.1, 0.15) is 5.75 Å². The predicted octanol–water partition coefficient (Wildman–Crippen LogP) is 5.13. The number of allylic oxidation sites excluding steroid dienone is 1. The molecule has 2 aromatic rings. The Morgan fingerprint density at radius 3 is 2.72 bits per heavy atom. The molecule has 0 radical (unpaired) electrons. The molecular weight excluding hydrogens is 306 g/mol. The summed E-state index contributed by atoms with van der Waals surface area (Å²) in [5, 5.41) is 19.3. The first-order valence-corrected chi connectivity index (χ1v) is 9.03. The molecule has 0 heterocycles. The van der Waals surface area contributed by atoms with E-state index < -0.39 is 0 Å². The fourth-order valence-electron chi connectivity index (χ4n) is 4.38. The highest BCUT2D eigenvalue weighted by atomic mass is 16.3. The van der Waals surface area contributed by atoms with Gasteiger partial charge in [0, 0.05) is 0 Å². The fraction of sp³-hybridized carbons (Fsp3) is 0.348. The highest BCUT2D eigenvalue weighted by molar-refractivity contribution is 5.64. The minimum absolute atomic E-state index is 0.243. The SMILES string of the molecule is CC1(C)C=Cc2c(ccc3c2CCC(c2ccc(C#N)cc2O)C3)C1. The number of benzene rings is 2. The molecule has 25 heavy (non-hydrogen) atoms. The second kappa shape index (κ2) is 5.77. The van der Waals surface area contributed by atoms with Crippen LogP contribution >= 0.6 is 0 Å². The Balaban J connectivity index is 1.66. The minimum atomic E-state index is 0.243. The Labute approximate surface area is 149 Å². The van der Waals surface area contributed by atoms with Crippen LogP contribution in [0.3, 0.4) is 0 Å². The first-order chi connectivity index (χ1) is 12.0. The fourth-order valence-corrected chi connectivity index (χ4v) is 4.38. The van der Waals surface area contributed by atoms with Crippen molar-refractivity contribution in [3.63, 3.8) is 0 Å². The number of nitrogens with zero attached hydrogens (tertiary/aromatic N) is 1. The van der Waals surface area contributed by atoms with Gasteiger partial charge in [-0.2, -0.15) is 5.26 Å². The third-order valence-electron chi connectivity index (χ3n) is 5.70. The van der Waals surface area contributed by atoms with Crippen LogP contribution in [-0.2, 0) is 19.3 Å². The van der Waals surface area contributed by atoms with Gasteiger partial charge in [0.15, 0.2) is 0 Å². The van der Waals surface area contributed by atoms with E-state index in [1.807, 2.05) is 12.1 Å². The van der Waals surface area contributed by atoms with Gasteiger partial charge in [0.25, 0.3) is 0 Å². The number of phenolic OH excluding ortho intramolecular Hbond substituents is 1. The van der Waals surface area contributed by atoms with Gasteiger partial charge in [-0.05, 0) is 77.0 Å². The number of phenols is 1. The monoisotopic (exact) mass is 329 g/mol. The molecule has 0 bridgehead atoms. The largest absolute Gasteiger partial charge is 0.508 e. The quantitative estimate of drug-likeness (QED) is 0.788. The number of hydrogen-bond acceptors (Lipinski definition) is 2. The Hall–Kier alpha value is -2.53. The molecule has 0 fully saturated rings. The topological polar surface area (TPSA) is 44.0 Å². The van der Waals surface area contributed by atoms with Gasteiger partial charge < -0.3 is 5.11 Å². The lowest BCUT2D eigenvalue weighted by molar-refractivity contribution is 0.452. The molecule has 2 aliphatic rings. The lowest BCUT2D eigenvalue weighted by Gasteiger charge is -2.32. The molecule has 2 aliphatic carbocycles. The van der Waals surface area contributed by atoms with Gasteiger partial charge in [-0.25, -0.2) is 0 Å². The van der Waals surface area contributed by atoms with E-state index in [2.05, 4.69) is 44.2 Å². The van der Waals surface area contributed by atoms with E-state index in [1.165, 1.54) is 22.3 Å². The van der Waals surface area contributed by atoms with Gasteiger partial charge in [0.05, 0.1) is 11.6 Å². The molecule has 0 spiro atoms. The Morgan fingerprint density at radius 2 is 1.96 bits per heavy atom. The highest BCUT2D eigenvalue weighted by Gasteiger charge is 2.27. The molecule has 1 atom stereocenters. The summed E-state index contributed by atoms with van der Waals surface area (Å²) in [4.78, 5) is 0. The normalized spacial score (nSPS) is 20.4. The molecule has 1 N–H and O–H groups in total. The zero-order chi connectivity index (χ0) is 17.6. The van der Waals surface area contributed by atoms with Crippen molar-refractivity contribution in [3.05, 3.63) is 69.8 Å². The van der Waals surface area contributed by atoms with Crippen molar-refractivity contribution in [2.45, 2.75) is 45.4 Å². The van der Waals surface area contributed by atoms with Gasteiger partial charge >= 0.3 is 0 Å². The molecule has 0 saturated heterocycles. The van der Waals surface area contributed by atoms with Crippen LogP contribution in [-0.4, -0.2) is 5.11 Å². The summed E-state index contributed by atoms with van der Waals surface area (Å²) in [5.41, 5.74) is 7.52. The summed E-state index contributed by atoms with van der Waals surface area (Å²) in [6.07, 6.45) is 8.81. The van der Waals surface area contributed by atoms with Crippen LogP contribution in [0.25, 0.3) is 6.08 Å². The first-order valence-electron chi connectivity index (χ1n) is 9.03. The van der Waals surface area contributed by atoms with E-state index in [9.17, 15) is 5.11 Å². The molecular formula is C23H23NO. The van der Waals surface area contributed by atoms with Crippen LogP contribution in [0.5, 0.6) is 5.75 Å². The summed E-state index contributed by atoms with van der Waals surface area (Å²) in [6, 6.07) is 12.0. The Bertz CT molecular complexity index is 914. The van der Waals surface area contributed by atoms with E-state index in [0.29, 0.717) is 11.5 Å². The number of nitriles is 1. The summed E-state index contributed by atoms with van der Waals surface area (Å²) in [7, 11) is 0. The van der Waals surface area contributed by atoms with Crippen molar-refractivity contribution in [1.82, 2.24) is 0 Å². The number of hydrogen-bond donors (Lipinski definition) is 1. The van der Waals surface area contributed by atoms with E-state index in [1.54, 1.807) is 6.07 Å². The van der Waals surface area contributed by atoms with Crippen molar-refractivity contribution in [1.29, 1.82) is 5.26 Å². The average Bonchev–Trinajstić information content (AvgIpc) is 2.60. The second-order valence-corrected chi connectivity index (χ2v) is 8.10. The predicted molar refractivity (Wildman–Crippen MR) is 101 cm³/mol. The second-order valence-electron chi connectivity index (χ2n) is 8.10. The van der Waals surface area contributed by atoms with Crippen LogP contribution in [0.4, 0.5) is 0 Å². The summed E-state index contributed by atoms with van der Waals surface area (Å²) in [5.74, 6) is 0.578. The third kappa shape index (κ3) is 2.85. The molecule has 0 aliphatic heterocycles. The summed E-state index contributed by atoms with van der Waals surface area (Å²) < 4.78 is 0. The molecule has 0 saturated carbocycles. The van der Waals surface area contributed by atoms with Crippen LogP contribution in [0, 0.1) is 16.7 Å². The molecule has 4 rings (SSSR count). The zero-order valence-electron chi connectivity index (χ0n) is 14.8. The molecule has 0 aromatic heterocycles. The van der Waals surface area contributed by atoms with Crippen molar-refractivity contribution in [2.24, 2.45) is 5.41 Å². The third-order valence-corrected chi connectivity index (χ3v) is 5.70. The maximum absolute atomic E-state index is 10.3. The average molecular weight is 329 g/mol. The van der Waals surface area contributed by atoms with Crippen LogP contribution in [0.1, 0.15) is 59.6 Å². The Morgan fingerprint density at radius 1 is 1.16 bits per heavy atom. The van der Waals surface area contributed by atoms with E-state index in [0.717, 1.165) is 31.2 Å². The molecule has 0 amide bonds. The lowest BCUT2D eigenvalue weighted by Crippen LogP contribution is -2.20. The van der Waals surface area contributed by atoms with Gasteiger partial charge in [-0.15, -0.1) is 0 Å². The molecule has 126 valence electrons. The zero-order valence-corrected chi connectivity index (χ0v) is 14.8. The van der Waals surface area contributed by atoms with E-state index >= 15 is 0 Å². The Kier molecular flexibility index (Phi) is 3.69. The summed E-state index contributed by atoms with van der Waals surface area (Å²) in [6.45, 7) is 4.57. The molecule has 2 heteroatoms. The van der Waals surface area contributed by atoms with Gasteiger partial charge in [0.2, 0.25) is 0 Å². The summed E-state index contributed by atoms with van der Waals surface area (Å²) >= 11 is 0. The lowest BCUT2D eigenvalue weighted by atomic mass is 9.73. The minimum Gasteiger partial charge on any atom is -0.508 e. The molecule has 2 aromatic carbocycles. The molecule has 1 unspecified atom stereocenters. The highest BCUT2D eigenvalue weighted by Crippen LogP contribution is 2.41. The number of aromatic hydroxyl groups is 1. The van der Waals surface area contributed by atoms with Crippen LogP contribution in [0.2, 0.25) is 0 Å². The maximum atomic E-state index is 10.3. The number of rotatable bonds is 1. The van der Waals surface area contributed by atoms with Crippen molar-refractivity contribution >= 4 is 6.08 Å². The van der Waals surface area contributed by atoms with Crippen molar-refractivity contribution < 1.29 is 5.11 Å². The van der Waals surface area contributed by atoms with Gasteiger partial charge in [-0.3, -0.25) is 0 Å².